The quantitative estimate of drug-likeness (QED) is 0.711. The summed E-state index contributed by atoms with van der Waals surface area (Å²) in [6.45, 7) is 6.07. The van der Waals surface area contributed by atoms with Gasteiger partial charge in [0.2, 0.25) is 0 Å². The van der Waals surface area contributed by atoms with Gasteiger partial charge in [-0.15, -0.1) is 0 Å². The van der Waals surface area contributed by atoms with Gasteiger partial charge in [-0.1, -0.05) is 23.7 Å². The van der Waals surface area contributed by atoms with E-state index in [0.29, 0.717) is 5.56 Å². The summed E-state index contributed by atoms with van der Waals surface area (Å²) in [4.78, 5) is 10.9. The molecular weight excluding hydrogens is 244 g/mol. The van der Waals surface area contributed by atoms with Crippen LogP contribution in [0.15, 0.2) is 30.3 Å². The summed E-state index contributed by atoms with van der Waals surface area (Å²) in [6, 6.07) is 9.79. The molecule has 18 heavy (non-hydrogen) atoms. The van der Waals surface area contributed by atoms with Crippen molar-refractivity contribution in [1.29, 1.82) is 0 Å². The van der Waals surface area contributed by atoms with E-state index in [1.54, 1.807) is 0 Å². The molecule has 0 atom stereocenters. The van der Waals surface area contributed by atoms with Gasteiger partial charge in [-0.05, 0) is 66.8 Å². The van der Waals surface area contributed by atoms with Gasteiger partial charge in [0, 0.05) is 10.6 Å². The molecule has 0 bridgehead atoms. The normalized spacial score (nSPS) is 10.4. The Hall–Kier alpha value is -1.60. The lowest BCUT2D eigenvalue weighted by Gasteiger charge is -2.12. The molecule has 2 rings (SSSR count). The van der Waals surface area contributed by atoms with Gasteiger partial charge in [-0.3, -0.25) is 4.79 Å². The number of benzene rings is 2. The van der Waals surface area contributed by atoms with Gasteiger partial charge in [0.1, 0.15) is 6.29 Å². The number of aldehydes is 1. The van der Waals surface area contributed by atoms with E-state index in [4.69, 9.17) is 11.6 Å². The lowest BCUT2D eigenvalue weighted by molar-refractivity contribution is 0.112. The summed E-state index contributed by atoms with van der Waals surface area (Å²) in [5.41, 5.74) is 6.26. The van der Waals surface area contributed by atoms with Crippen LogP contribution in [0, 0.1) is 20.8 Å². The molecule has 0 amide bonds. The number of hydrogen-bond acceptors (Lipinski definition) is 1. The van der Waals surface area contributed by atoms with Gasteiger partial charge in [0.15, 0.2) is 0 Å². The molecule has 2 aromatic carbocycles. The first-order valence-corrected chi connectivity index (χ1v) is 6.23. The van der Waals surface area contributed by atoms with Crippen molar-refractivity contribution in [3.8, 4) is 11.1 Å². The van der Waals surface area contributed by atoms with Crippen molar-refractivity contribution < 1.29 is 4.79 Å². The minimum Gasteiger partial charge on any atom is -0.298 e. The van der Waals surface area contributed by atoms with Crippen LogP contribution in [0.4, 0.5) is 0 Å². The summed E-state index contributed by atoms with van der Waals surface area (Å²) in [5, 5.41) is 0.778. The Morgan fingerprint density at radius 1 is 0.889 bits per heavy atom. The zero-order chi connectivity index (χ0) is 13.3. The standard InChI is InChI=1S/C16H15ClO/c1-10-4-5-13(9-18)8-15(10)14-6-12(3)16(17)7-11(14)2/h4-9H,1-3H3. The summed E-state index contributed by atoms with van der Waals surface area (Å²) < 4.78 is 0. The summed E-state index contributed by atoms with van der Waals surface area (Å²) in [7, 11) is 0. The Morgan fingerprint density at radius 3 is 2.22 bits per heavy atom. The van der Waals surface area contributed by atoms with Gasteiger partial charge in [-0.25, -0.2) is 0 Å². The Balaban J connectivity index is 2.68. The second-order valence-electron chi connectivity index (χ2n) is 4.61. The van der Waals surface area contributed by atoms with Crippen LogP contribution < -0.4 is 0 Å². The fourth-order valence-electron chi connectivity index (χ4n) is 2.07. The molecule has 0 aliphatic heterocycles. The van der Waals surface area contributed by atoms with Crippen molar-refractivity contribution in [2.75, 3.05) is 0 Å². The molecule has 0 unspecified atom stereocenters. The molecule has 0 saturated carbocycles. The molecule has 0 saturated heterocycles. The molecule has 0 aromatic heterocycles. The van der Waals surface area contributed by atoms with Crippen molar-refractivity contribution in [2.45, 2.75) is 20.8 Å². The van der Waals surface area contributed by atoms with Crippen molar-refractivity contribution in [2.24, 2.45) is 0 Å². The van der Waals surface area contributed by atoms with Crippen molar-refractivity contribution in [1.82, 2.24) is 0 Å². The van der Waals surface area contributed by atoms with Crippen LogP contribution >= 0.6 is 11.6 Å². The van der Waals surface area contributed by atoms with E-state index >= 15 is 0 Å². The highest BCUT2D eigenvalue weighted by atomic mass is 35.5. The average Bonchev–Trinajstić information content (AvgIpc) is 2.35. The maximum Gasteiger partial charge on any atom is 0.150 e. The highest BCUT2D eigenvalue weighted by Crippen LogP contribution is 2.31. The molecule has 2 heteroatoms. The van der Waals surface area contributed by atoms with Crippen molar-refractivity contribution in [3.05, 3.63) is 57.6 Å². The highest BCUT2D eigenvalue weighted by Gasteiger charge is 2.08. The molecule has 2 aromatic rings. The fraction of sp³-hybridized carbons (Fsp3) is 0.188. The second kappa shape index (κ2) is 4.95. The SMILES string of the molecule is Cc1cc(-c2cc(C=O)ccc2C)c(C)cc1Cl. The number of carbonyl (C=O) groups is 1. The third-order valence-electron chi connectivity index (χ3n) is 3.19. The Bertz CT molecular complexity index is 615. The van der Waals surface area contributed by atoms with Gasteiger partial charge in [-0.2, -0.15) is 0 Å². The fourth-order valence-corrected chi connectivity index (χ4v) is 2.29. The van der Waals surface area contributed by atoms with E-state index in [1.807, 2.05) is 45.0 Å². The van der Waals surface area contributed by atoms with Crippen molar-refractivity contribution >= 4 is 17.9 Å². The van der Waals surface area contributed by atoms with E-state index in [-0.39, 0.29) is 0 Å². The summed E-state index contributed by atoms with van der Waals surface area (Å²) in [6.07, 6.45) is 0.876. The second-order valence-corrected chi connectivity index (χ2v) is 5.02. The van der Waals surface area contributed by atoms with Crippen LogP contribution in [0.25, 0.3) is 11.1 Å². The number of aryl methyl sites for hydroxylation is 3. The van der Waals surface area contributed by atoms with Gasteiger partial charge in [0.05, 0.1) is 0 Å². The predicted octanol–water partition coefficient (Wildman–Crippen LogP) is 4.74. The first kappa shape index (κ1) is 12.8. The maximum absolute atomic E-state index is 10.9. The minimum absolute atomic E-state index is 0.697. The van der Waals surface area contributed by atoms with Gasteiger partial charge in [0.25, 0.3) is 0 Å². The Morgan fingerprint density at radius 2 is 1.56 bits per heavy atom. The Kier molecular flexibility index (Phi) is 3.53. The molecule has 0 radical (unpaired) electrons. The molecule has 0 N–H and O–H groups in total. The van der Waals surface area contributed by atoms with Crippen LogP contribution in [0.5, 0.6) is 0 Å². The largest absolute Gasteiger partial charge is 0.298 e. The van der Waals surface area contributed by atoms with E-state index in [1.165, 1.54) is 0 Å². The molecule has 0 aliphatic rings. The minimum atomic E-state index is 0.697. The monoisotopic (exact) mass is 258 g/mol. The van der Waals surface area contributed by atoms with E-state index in [2.05, 4.69) is 6.07 Å². The third kappa shape index (κ3) is 2.32. The van der Waals surface area contributed by atoms with Crippen molar-refractivity contribution in [3.63, 3.8) is 0 Å². The van der Waals surface area contributed by atoms with Crippen LogP contribution in [0.3, 0.4) is 0 Å². The van der Waals surface area contributed by atoms with E-state index in [9.17, 15) is 4.79 Å². The number of carbonyl (C=O) groups excluding carboxylic acids is 1. The molecule has 0 fully saturated rings. The zero-order valence-electron chi connectivity index (χ0n) is 10.8. The third-order valence-corrected chi connectivity index (χ3v) is 3.60. The first-order chi connectivity index (χ1) is 8.52. The number of halogens is 1. The van der Waals surface area contributed by atoms with Gasteiger partial charge < -0.3 is 0 Å². The van der Waals surface area contributed by atoms with E-state index in [0.717, 1.165) is 39.1 Å². The highest BCUT2D eigenvalue weighted by molar-refractivity contribution is 6.31. The van der Waals surface area contributed by atoms with Crippen LogP contribution in [0.2, 0.25) is 5.02 Å². The smallest absolute Gasteiger partial charge is 0.150 e. The average molecular weight is 259 g/mol. The lowest BCUT2D eigenvalue weighted by atomic mass is 9.94. The summed E-state index contributed by atoms with van der Waals surface area (Å²) >= 11 is 6.12. The molecule has 92 valence electrons. The molecule has 0 spiro atoms. The molecule has 0 aliphatic carbocycles. The van der Waals surface area contributed by atoms with Crippen LogP contribution in [-0.4, -0.2) is 6.29 Å². The predicted molar refractivity (Wildman–Crippen MR) is 76.5 cm³/mol. The lowest BCUT2D eigenvalue weighted by Crippen LogP contribution is -1.91. The molecule has 1 nitrogen and oxygen atoms in total. The van der Waals surface area contributed by atoms with Crippen LogP contribution in [-0.2, 0) is 0 Å². The van der Waals surface area contributed by atoms with Crippen LogP contribution in [0.1, 0.15) is 27.0 Å². The summed E-state index contributed by atoms with van der Waals surface area (Å²) in [5.74, 6) is 0. The van der Waals surface area contributed by atoms with Gasteiger partial charge >= 0.3 is 0 Å². The zero-order valence-corrected chi connectivity index (χ0v) is 11.5. The number of rotatable bonds is 2. The molecule has 0 heterocycles. The maximum atomic E-state index is 10.9. The Labute approximate surface area is 112 Å². The topological polar surface area (TPSA) is 17.1 Å². The number of hydrogen-bond donors (Lipinski definition) is 0. The first-order valence-electron chi connectivity index (χ1n) is 5.86. The molecular formula is C16H15ClO. The van der Waals surface area contributed by atoms with E-state index < -0.39 is 0 Å².